The predicted octanol–water partition coefficient (Wildman–Crippen LogP) is 2.26. The van der Waals surface area contributed by atoms with E-state index in [4.69, 9.17) is 0 Å². The summed E-state index contributed by atoms with van der Waals surface area (Å²) in [5.74, 6) is 1.14. The van der Waals surface area contributed by atoms with Crippen molar-refractivity contribution in [3.8, 4) is 0 Å². The first-order valence-electron chi connectivity index (χ1n) is 5.19. The Morgan fingerprint density at radius 1 is 1.56 bits per heavy atom. The third kappa shape index (κ3) is 2.15. The standard InChI is InChI=1S/C11H14N2O2S/c1-12-11(14)13(15)9-4-5-10-8(7-9)3-2-6-16-10/h4-5,7,15H,2-3,6H2,1H3,(H,12,14). The molecule has 1 aromatic carbocycles. The Hall–Kier alpha value is -1.20. The Balaban J connectivity index is 2.26. The number of nitrogens with one attached hydrogen (secondary N) is 1. The zero-order chi connectivity index (χ0) is 11.5. The average Bonchev–Trinajstić information content (AvgIpc) is 2.36. The smallest absolute Gasteiger partial charge is 0.339 e. The summed E-state index contributed by atoms with van der Waals surface area (Å²) in [5.41, 5.74) is 1.72. The van der Waals surface area contributed by atoms with Crippen molar-refractivity contribution in [2.24, 2.45) is 0 Å². The summed E-state index contributed by atoms with van der Waals surface area (Å²) < 4.78 is 0. The average molecular weight is 238 g/mol. The molecule has 0 spiro atoms. The molecule has 0 radical (unpaired) electrons. The number of fused-ring (bicyclic) bond motifs is 1. The highest BCUT2D eigenvalue weighted by Crippen LogP contribution is 2.32. The molecule has 4 nitrogen and oxygen atoms in total. The van der Waals surface area contributed by atoms with Gasteiger partial charge in [0.15, 0.2) is 0 Å². The number of hydrogen-bond donors (Lipinski definition) is 2. The number of benzene rings is 1. The Bertz CT molecular complexity index is 409. The van der Waals surface area contributed by atoms with Crippen molar-refractivity contribution >= 4 is 23.5 Å². The highest BCUT2D eigenvalue weighted by atomic mass is 32.2. The summed E-state index contributed by atoms with van der Waals surface area (Å²) >= 11 is 1.82. The zero-order valence-corrected chi connectivity index (χ0v) is 9.88. The molecular weight excluding hydrogens is 224 g/mol. The first-order valence-corrected chi connectivity index (χ1v) is 6.17. The number of thioether (sulfide) groups is 1. The van der Waals surface area contributed by atoms with E-state index in [2.05, 4.69) is 5.32 Å². The Morgan fingerprint density at radius 2 is 2.38 bits per heavy atom. The molecule has 0 saturated carbocycles. The summed E-state index contributed by atoms with van der Waals surface area (Å²) in [5, 5.41) is 12.6. The largest absolute Gasteiger partial charge is 0.345 e. The summed E-state index contributed by atoms with van der Waals surface area (Å²) in [4.78, 5) is 12.5. The van der Waals surface area contributed by atoms with Crippen molar-refractivity contribution in [2.45, 2.75) is 17.7 Å². The number of rotatable bonds is 1. The van der Waals surface area contributed by atoms with Crippen LogP contribution in [0.4, 0.5) is 10.5 Å². The Kier molecular flexibility index (Phi) is 3.36. The molecule has 0 aliphatic carbocycles. The normalized spacial score (nSPS) is 14.1. The van der Waals surface area contributed by atoms with Gasteiger partial charge in [-0.3, -0.25) is 5.21 Å². The van der Waals surface area contributed by atoms with Gasteiger partial charge in [-0.2, -0.15) is 5.06 Å². The van der Waals surface area contributed by atoms with Gasteiger partial charge in [-0.15, -0.1) is 11.8 Å². The summed E-state index contributed by atoms with van der Waals surface area (Å²) in [6, 6.07) is 5.06. The monoisotopic (exact) mass is 238 g/mol. The van der Waals surface area contributed by atoms with Gasteiger partial charge in [0.25, 0.3) is 0 Å². The van der Waals surface area contributed by atoms with Gasteiger partial charge in [0.05, 0.1) is 5.69 Å². The van der Waals surface area contributed by atoms with Gasteiger partial charge in [0.1, 0.15) is 0 Å². The molecule has 1 aromatic rings. The molecule has 0 atom stereocenters. The fourth-order valence-corrected chi connectivity index (χ4v) is 2.72. The number of nitrogens with zero attached hydrogens (tertiary/aromatic N) is 1. The molecule has 2 amide bonds. The second-order valence-corrected chi connectivity index (χ2v) is 4.75. The van der Waals surface area contributed by atoms with Gasteiger partial charge in [-0.1, -0.05) is 0 Å². The highest BCUT2D eigenvalue weighted by molar-refractivity contribution is 7.99. The van der Waals surface area contributed by atoms with Crippen LogP contribution in [0.2, 0.25) is 0 Å². The molecule has 2 rings (SSSR count). The molecule has 1 aliphatic rings. The first kappa shape index (κ1) is 11.3. The van der Waals surface area contributed by atoms with Crippen molar-refractivity contribution in [1.29, 1.82) is 0 Å². The fraction of sp³-hybridized carbons (Fsp3) is 0.364. The quantitative estimate of drug-likeness (QED) is 0.583. The van der Waals surface area contributed by atoms with E-state index < -0.39 is 6.03 Å². The van der Waals surface area contributed by atoms with Gasteiger partial charge in [-0.05, 0) is 42.4 Å². The predicted molar refractivity (Wildman–Crippen MR) is 64.2 cm³/mol. The van der Waals surface area contributed by atoms with Crippen LogP contribution in [0, 0.1) is 0 Å². The van der Waals surface area contributed by atoms with E-state index in [9.17, 15) is 10.0 Å². The third-order valence-corrected chi connectivity index (χ3v) is 3.74. The highest BCUT2D eigenvalue weighted by Gasteiger charge is 2.15. The molecule has 1 heterocycles. The molecule has 0 bridgehead atoms. The number of hydrogen-bond acceptors (Lipinski definition) is 3. The Labute approximate surface area is 98.6 Å². The lowest BCUT2D eigenvalue weighted by Crippen LogP contribution is -2.35. The molecule has 0 fully saturated rings. The van der Waals surface area contributed by atoms with Crippen LogP contribution in [-0.4, -0.2) is 24.0 Å². The molecule has 5 heteroatoms. The van der Waals surface area contributed by atoms with Crippen LogP contribution in [0.15, 0.2) is 23.1 Å². The van der Waals surface area contributed by atoms with Crippen molar-refractivity contribution in [3.05, 3.63) is 23.8 Å². The molecule has 2 N–H and O–H groups in total. The van der Waals surface area contributed by atoms with Gasteiger partial charge in [0.2, 0.25) is 0 Å². The molecule has 0 unspecified atom stereocenters. The van der Waals surface area contributed by atoms with Gasteiger partial charge in [0, 0.05) is 11.9 Å². The second kappa shape index (κ2) is 4.76. The van der Waals surface area contributed by atoms with Gasteiger partial charge < -0.3 is 5.32 Å². The van der Waals surface area contributed by atoms with Crippen LogP contribution in [-0.2, 0) is 6.42 Å². The van der Waals surface area contributed by atoms with Crippen LogP contribution in [0.1, 0.15) is 12.0 Å². The van der Waals surface area contributed by atoms with E-state index in [1.165, 1.54) is 17.5 Å². The summed E-state index contributed by atoms with van der Waals surface area (Å²) in [6.45, 7) is 0. The number of urea groups is 1. The van der Waals surface area contributed by atoms with Gasteiger partial charge in [-0.25, -0.2) is 4.79 Å². The fourth-order valence-electron chi connectivity index (χ4n) is 1.70. The molecule has 16 heavy (non-hydrogen) atoms. The first-order chi connectivity index (χ1) is 7.72. The number of aryl methyl sites for hydroxylation is 1. The number of carbonyl (C=O) groups is 1. The van der Waals surface area contributed by atoms with Crippen molar-refractivity contribution in [1.82, 2.24) is 5.32 Å². The van der Waals surface area contributed by atoms with E-state index in [1.54, 1.807) is 6.07 Å². The van der Waals surface area contributed by atoms with Gasteiger partial charge >= 0.3 is 6.03 Å². The van der Waals surface area contributed by atoms with Crippen molar-refractivity contribution in [3.63, 3.8) is 0 Å². The molecule has 86 valence electrons. The summed E-state index contributed by atoms with van der Waals surface area (Å²) in [6.07, 6.45) is 2.16. The SMILES string of the molecule is CNC(=O)N(O)c1ccc2c(c1)CCCS2. The number of amides is 2. The lowest BCUT2D eigenvalue weighted by Gasteiger charge is -2.19. The van der Waals surface area contributed by atoms with E-state index in [0.29, 0.717) is 10.8 Å². The lowest BCUT2D eigenvalue weighted by atomic mass is 10.1. The Morgan fingerprint density at radius 3 is 3.12 bits per heavy atom. The minimum atomic E-state index is -0.525. The number of hydroxylamine groups is 1. The lowest BCUT2D eigenvalue weighted by molar-refractivity contribution is 0.206. The van der Waals surface area contributed by atoms with Crippen LogP contribution in [0.5, 0.6) is 0 Å². The number of carbonyl (C=O) groups excluding carboxylic acids is 1. The topological polar surface area (TPSA) is 52.6 Å². The number of anilines is 1. The minimum absolute atomic E-state index is 0.514. The maximum atomic E-state index is 11.2. The van der Waals surface area contributed by atoms with Crippen molar-refractivity contribution in [2.75, 3.05) is 17.9 Å². The maximum Gasteiger partial charge on any atom is 0.345 e. The zero-order valence-electron chi connectivity index (χ0n) is 9.06. The van der Waals surface area contributed by atoms with E-state index in [1.807, 2.05) is 23.9 Å². The molecule has 0 aromatic heterocycles. The van der Waals surface area contributed by atoms with Crippen LogP contribution >= 0.6 is 11.8 Å². The molecule has 0 saturated heterocycles. The molecule has 1 aliphatic heterocycles. The van der Waals surface area contributed by atoms with E-state index in [-0.39, 0.29) is 0 Å². The van der Waals surface area contributed by atoms with Crippen LogP contribution in [0.3, 0.4) is 0 Å². The van der Waals surface area contributed by atoms with Crippen LogP contribution < -0.4 is 10.4 Å². The minimum Gasteiger partial charge on any atom is -0.339 e. The molecular formula is C11H14N2O2S. The second-order valence-electron chi connectivity index (χ2n) is 3.61. The van der Waals surface area contributed by atoms with Crippen LogP contribution in [0.25, 0.3) is 0 Å². The third-order valence-electron chi connectivity index (χ3n) is 2.54. The summed E-state index contributed by atoms with van der Waals surface area (Å²) in [7, 11) is 1.49. The maximum absolute atomic E-state index is 11.2. The van der Waals surface area contributed by atoms with E-state index >= 15 is 0 Å². The van der Waals surface area contributed by atoms with E-state index in [0.717, 1.165) is 18.6 Å². The van der Waals surface area contributed by atoms with Crippen molar-refractivity contribution < 1.29 is 10.0 Å².